The molecule has 0 aromatic heterocycles. The molecule has 5 N–H and O–H groups in total. The van der Waals surface area contributed by atoms with Gasteiger partial charge in [0.2, 0.25) is 5.91 Å². The third-order valence-corrected chi connectivity index (χ3v) is 7.81. The quantitative estimate of drug-likeness (QED) is 0.0940. The third-order valence-electron chi connectivity index (χ3n) is 6.56. The van der Waals surface area contributed by atoms with Gasteiger partial charge >= 0.3 is 11.9 Å². The Morgan fingerprint density at radius 2 is 1.28 bits per heavy atom. The largest absolute Gasteiger partial charge is 0.507 e. The van der Waals surface area contributed by atoms with Crippen LogP contribution in [0.15, 0.2) is 114 Å². The summed E-state index contributed by atoms with van der Waals surface area (Å²) >= 11 is 1.22. The molecule has 5 aromatic rings. The zero-order valence-electron chi connectivity index (χ0n) is 22.4. The molecule has 0 aliphatic carbocycles. The molecule has 43 heavy (non-hydrogen) atoms. The van der Waals surface area contributed by atoms with Crippen LogP contribution in [0.2, 0.25) is 0 Å². The third kappa shape index (κ3) is 6.50. The number of carbonyl (C=O) groups excluding carboxylic acids is 2. The molecule has 0 bridgehead atoms. The second-order valence-corrected chi connectivity index (χ2v) is 10.6. The molecule has 214 valence electrons. The number of amides is 2. The first-order valence-corrected chi connectivity index (χ1v) is 13.8. The topological polar surface area (TPSA) is 153 Å². The van der Waals surface area contributed by atoms with E-state index in [1.165, 1.54) is 36.0 Å². The fourth-order valence-electron chi connectivity index (χ4n) is 4.58. The summed E-state index contributed by atoms with van der Waals surface area (Å²) < 4.78 is 0. The number of phenols is 1. The number of benzene rings is 5. The van der Waals surface area contributed by atoms with Gasteiger partial charge in [0, 0.05) is 27.2 Å². The van der Waals surface area contributed by atoms with Crippen LogP contribution in [0.25, 0.3) is 10.8 Å². The number of thioether (sulfide) groups is 1. The van der Waals surface area contributed by atoms with E-state index in [0.29, 0.717) is 26.9 Å². The zero-order chi connectivity index (χ0) is 30.5. The van der Waals surface area contributed by atoms with E-state index >= 15 is 0 Å². The highest BCUT2D eigenvalue weighted by molar-refractivity contribution is 8.00. The molecule has 0 radical (unpaired) electrons. The number of aromatic carboxylic acids is 2. The van der Waals surface area contributed by atoms with Crippen molar-refractivity contribution in [2.45, 2.75) is 10.1 Å². The molecule has 0 saturated carbocycles. The van der Waals surface area contributed by atoms with Crippen LogP contribution in [0.3, 0.4) is 0 Å². The van der Waals surface area contributed by atoms with Crippen LogP contribution < -0.4 is 10.6 Å². The van der Waals surface area contributed by atoms with Crippen molar-refractivity contribution >= 4 is 57.7 Å². The van der Waals surface area contributed by atoms with Crippen molar-refractivity contribution in [3.63, 3.8) is 0 Å². The number of carboxylic acid groups (broad SMARTS) is 2. The summed E-state index contributed by atoms with van der Waals surface area (Å²) in [4.78, 5) is 50.7. The maximum Gasteiger partial charge on any atom is 0.339 e. The van der Waals surface area contributed by atoms with Crippen LogP contribution in [-0.4, -0.2) is 39.1 Å². The highest BCUT2D eigenvalue weighted by atomic mass is 32.2. The van der Waals surface area contributed by atoms with Crippen LogP contribution in [0.1, 0.15) is 41.9 Å². The fraction of sp³-hybridized carbons (Fsp3) is 0.0303. The van der Waals surface area contributed by atoms with Gasteiger partial charge in [-0.15, -0.1) is 11.8 Å². The van der Waals surface area contributed by atoms with Gasteiger partial charge < -0.3 is 26.0 Å². The molecule has 10 heteroatoms. The van der Waals surface area contributed by atoms with Crippen LogP contribution >= 0.6 is 11.8 Å². The highest BCUT2D eigenvalue weighted by Crippen LogP contribution is 2.37. The zero-order valence-corrected chi connectivity index (χ0v) is 23.2. The Hall–Kier alpha value is -5.61. The molecule has 2 amide bonds. The second-order valence-electron chi connectivity index (χ2n) is 9.43. The van der Waals surface area contributed by atoms with Crippen molar-refractivity contribution in [1.29, 1.82) is 0 Å². The number of hydrogen-bond acceptors (Lipinski definition) is 6. The first-order chi connectivity index (χ1) is 20.7. The van der Waals surface area contributed by atoms with E-state index in [2.05, 4.69) is 10.6 Å². The monoisotopic (exact) mass is 592 g/mol. The van der Waals surface area contributed by atoms with Gasteiger partial charge in [0.25, 0.3) is 5.91 Å². The minimum Gasteiger partial charge on any atom is -0.507 e. The predicted molar refractivity (Wildman–Crippen MR) is 164 cm³/mol. The van der Waals surface area contributed by atoms with Gasteiger partial charge in [-0.05, 0) is 59.5 Å². The normalized spacial score (nSPS) is 11.4. The molecule has 5 aromatic carbocycles. The highest BCUT2D eigenvalue weighted by Gasteiger charge is 2.24. The van der Waals surface area contributed by atoms with E-state index in [1.807, 2.05) is 6.07 Å². The summed E-state index contributed by atoms with van der Waals surface area (Å²) in [6.45, 7) is 0. The fourth-order valence-corrected chi connectivity index (χ4v) is 5.67. The van der Waals surface area contributed by atoms with Gasteiger partial charge in [0.15, 0.2) is 0 Å². The molecule has 9 nitrogen and oxygen atoms in total. The Labute approximate surface area is 249 Å². The molecule has 1 unspecified atom stereocenters. The van der Waals surface area contributed by atoms with E-state index in [4.69, 9.17) is 0 Å². The summed E-state index contributed by atoms with van der Waals surface area (Å²) in [5.41, 5.74) is 1.23. The Bertz CT molecular complexity index is 1870. The standard InChI is InChI=1S/C33H24N2O7S/c36-27-16-15-22(18-26(27)33(41)42)35-31(38)29(20-7-2-1-3-8-20)43-23-12-6-11-21(17-23)34-30(37)24-13-4-9-19-10-5-14-25(28(19)24)32(39)40/h1-18,29,36H,(H,34,37)(H,35,38)(H,39,40)(H,41,42). The molecule has 0 spiro atoms. The number of anilines is 2. The Morgan fingerprint density at radius 1 is 0.628 bits per heavy atom. The smallest absolute Gasteiger partial charge is 0.339 e. The molecule has 0 fully saturated rings. The summed E-state index contributed by atoms with van der Waals surface area (Å²) in [7, 11) is 0. The van der Waals surface area contributed by atoms with Crippen LogP contribution in [0.4, 0.5) is 11.4 Å². The number of hydrogen-bond donors (Lipinski definition) is 5. The minimum absolute atomic E-state index is 0.0216. The lowest BCUT2D eigenvalue weighted by Crippen LogP contribution is -2.19. The minimum atomic E-state index is -1.33. The van der Waals surface area contributed by atoms with Gasteiger partial charge in [-0.25, -0.2) is 9.59 Å². The predicted octanol–water partition coefficient (Wildman–Crippen LogP) is 6.67. The van der Waals surface area contributed by atoms with Crippen LogP contribution in [0.5, 0.6) is 5.75 Å². The van der Waals surface area contributed by atoms with Gasteiger partial charge in [0.05, 0.1) is 5.56 Å². The van der Waals surface area contributed by atoms with Gasteiger partial charge in [-0.3, -0.25) is 9.59 Å². The molecule has 0 heterocycles. The first kappa shape index (κ1) is 28.9. The number of carboxylic acids is 2. The lowest BCUT2D eigenvalue weighted by Gasteiger charge is -2.18. The molecular weight excluding hydrogens is 568 g/mol. The van der Waals surface area contributed by atoms with Crippen LogP contribution in [0, 0.1) is 0 Å². The van der Waals surface area contributed by atoms with Gasteiger partial charge in [0.1, 0.15) is 16.6 Å². The van der Waals surface area contributed by atoms with E-state index in [9.17, 15) is 34.5 Å². The lowest BCUT2D eigenvalue weighted by atomic mass is 9.98. The summed E-state index contributed by atoms with van der Waals surface area (Å²) in [6.07, 6.45) is 0. The Balaban J connectivity index is 1.41. The lowest BCUT2D eigenvalue weighted by molar-refractivity contribution is -0.115. The molecule has 5 rings (SSSR count). The SMILES string of the molecule is O=C(O)c1cc(NC(=O)C(Sc2cccc(NC(=O)c3cccc4cccc(C(=O)O)c34)c2)c2ccccc2)ccc1O. The van der Waals surface area contributed by atoms with Gasteiger partial charge in [-0.1, -0.05) is 60.7 Å². The molecule has 0 aliphatic rings. The van der Waals surface area contributed by atoms with Crippen molar-refractivity contribution in [3.8, 4) is 5.75 Å². The Kier molecular flexibility index (Phi) is 8.40. The molecular formula is C33H24N2O7S. The average Bonchev–Trinajstić information content (AvgIpc) is 3.00. The average molecular weight is 593 g/mol. The van der Waals surface area contributed by atoms with Crippen molar-refractivity contribution in [2.75, 3.05) is 10.6 Å². The first-order valence-electron chi connectivity index (χ1n) is 13.0. The summed E-state index contributed by atoms with van der Waals surface area (Å²) in [5, 5.41) is 34.6. The number of nitrogens with one attached hydrogen (secondary N) is 2. The van der Waals surface area contributed by atoms with E-state index in [1.54, 1.807) is 78.9 Å². The maximum atomic E-state index is 13.5. The Morgan fingerprint density at radius 3 is 1.98 bits per heavy atom. The molecule has 0 saturated heterocycles. The van der Waals surface area contributed by atoms with Crippen molar-refractivity contribution in [3.05, 3.63) is 131 Å². The number of rotatable bonds is 9. The van der Waals surface area contributed by atoms with Crippen molar-refractivity contribution < 1.29 is 34.5 Å². The van der Waals surface area contributed by atoms with Crippen molar-refractivity contribution in [2.24, 2.45) is 0 Å². The number of fused-ring (bicyclic) bond motifs is 1. The number of aromatic hydroxyl groups is 1. The maximum absolute atomic E-state index is 13.5. The van der Waals surface area contributed by atoms with E-state index in [0.717, 1.165) is 0 Å². The molecule has 1 atom stereocenters. The summed E-state index contributed by atoms with van der Waals surface area (Å²) in [5.74, 6) is -3.80. The molecule has 0 aliphatic heterocycles. The number of carbonyl (C=O) groups is 4. The van der Waals surface area contributed by atoms with E-state index in [-0.39, 0.29) is 22.4 Å². The summed E-state index contributed by atoms with van der Waals surface area (Å²) in [6, 6.07) is 29.5. The van der Waals surface area contributed by atoms with Crippen LogP contribution in [-0.2, 0) is 4.79 Å². The van der Waals surface area contributed by atoms with Crippen molar-refractivity contribution in [1.82, 2.24) is 0 Å². The van der Waals surface area contributed by atoms with Gasteiger partial charge in [-0.2, -0.15) is 0 Å². The second kappa shape index (κ2) is 12.5. The van der Waals surface area contributed by atoms with E-state index < -0.39 is 34.8 Å².